The summed E-state index contributed by atoms with van der Waals surface area (Å²) in [5, 5.41) is 18.6. The molecule has 88 valence electrons. The lowest BCUT2D eigenvalue weighted by molar-refractivity contribution is 0.415. The van der Waals surface area contributed by atoms with E-state index in [-0.39, 0.29) is 0 Å². The van der Waals surface area contributed by atoms with Gasteiger partial charge < -0.3 is 10.5 Å². The van der Waals surface area contributed by atoms with Crippen molar-refractivity contribution in [2.75, 3.05) is 12.8 Å². The van der Waals surface area contributed by atoms with Gasteiger partial charge in [0.25, 0.3) is 0 Å². The van der Waals surface area contributed by atoms with E-state index >= 15 is 0 Å². The third kappa shape index (κ3) is 1.88. The van der Waals surface area contributed by atoms with Crippen LogP contribution in [0, 0.1) is 22.7 Å². The Hall–Kier alpha value is -2.50. The normalized spacial score (nSPS) is 9.50. The van der Waals surface area contributed by atoms with Crippen molar-refractivity contribution in [2.45, 2.75) is 0 Å². The first-order valence-electron chi connectivity index (χ1n) is 5.08. The number of hydrogen-bond acceptors (Lipinski definition) is 5. The lowest BCUT2D eigenvalue weighted by Crippen LogP contribution is -1.87. The number of nitrogens with two attached hydrogens (primary N) is 1. The van der Waals surface area contributed by atoms with Crippen LogP contribution in [0.3, 0.4) is 0 Å². The first kappa shape index (κ1) is 12.0. The van der Waals surface area contributed by atoms with Crippen LogP contribution in [0.2, 0.25) is 0 Å². The molecule has 1 aromatic carbocycles. The number of anilines is 1. The SMILES string of the molecule is COc1ccc(-c2c(C#N)sc(N)c2C#N)cc1. The van der Waals surface area contributed by atoms with Gasteiger partial charge in [-0.25, -0.2) is 0 Å². The van der Waals surface area contributed by atoms with E-state index in [2.05, 4.69) is 6.07 Å². The zero-order valence-corrected chi connectivity index (χ0v) is 10.4. The fourth-order valence-electron chi connectivity index (χ4n) is 1.67. The molecule has 0 aliphatic carbocycles. The Morgan fingerprint density at radius 3 is 2.33 bits per heavy atom. The number of nitrogen functional groups attached to an aromatic ring is 1. The molecule has 2 rings (SSSR count). The van der Waals surface area contributed by atoms with Gasteiger partial charge in [-0.2, -0.15) is 10.5 Å². The highest BCUT2D eigenvalue weighted by Gasteiger charge is 2.17. The van der Waals surface area contributed by atoms with Gasteiger partial charge in [-0.15, -0.1) is 11.3 Å². The Balaban J connectivity index is 2.63. The monoisotopic (exact) mass is 255 g/mol. The van der Waals surface area contributed by atoms with Crippen LogP contribution in [0.1, 0.15) is 10.4 Å². The van der Waals surface area contributed by atoms with Crippen LogP contribution in [0.25, 0.3) is 11.1 Å². The van der Waals surface area contributed by atoms with Crippen molar-refractivity contribution < 1.29 is 4.74 Å². The average Bonchev–Trinajstić information content (AvgIpc) is 2.74. The molecular weight excluding hydrogens is 246 g/mol. The standard InChI is InChI=1S/C13H9N3OS/c1-17-9-4-2-8(3-5-9)12-10(6-14)13(16)18-11(12)7-15/h2-5H,16H2,1H3. The molecule has 0 saturated carbocycles. The molecule has 0 bridgehead atoms. The van der Waals surface area contributed by atoms with Crippen LogP contribution in [-0.2, 0) is 0 Å². The molecular formula is C13H9N3OS. The molecule has 0 fully saturated rings. The minimum atomic E-state index is 0.363. The Kier molecular flexibility index (Phi) is 3.18. The Bertz CT molecular complexity index is 659. The Labute approximate surface area is 108 Å². The van der Waals surface area contributed by atoms with Crippen LogP contribution in [0.5, 0.6) is 5.75 Å². The lowest BCUT2D eigenvalue weighted by Gasteiger charge is -2.03. The minimum absolute atomic E-state index is 0.363. The highest BCUT2D eigenvalue weighted by molar-refractivity contribution is 7.17. The van der Waals surface area contributed by atoms with Crippen LogP contribution >= 0.6 is 11.3 Å². The third-order valence-corrected chi connectivity index (χ3v) is 3.45. The molecule has 18 heavy (non-hydrogen) atoms. The van der Waals surface area contributed by atoms with E-state index in [4.69, 9.17) is 21.0 Å². The zero-order valence-electron chi connectivity index (χ0n) is 9.60. The molecule has 2 N–H and O–H groups in total. The molecule has 5 heteroatoms. The number of thiophene rings is 1. The van der Waals surface area contributed by atoms with Gasteiger partial charge in [0.2, 0.25) is 0 Å². The van der Waals surface area contributed by atoms with Gasteiger partial charge in [0.1, 0.15) is 27.8 Å². The number of methoxy groups -OCH3 is 1. The number of rotatable bonds is 2. The van der Waals surface area contributed by atoms with Gasteiger partial charge in [0.05, 0.1) is 12.7 Å². The van der Waals surface area contributed by atoms with Gasteiger partial charge >= 0.3 is 0 Å². The van der Waals surface area contributed by atoms with Crippen LogP contribution in [-0.4, -0.2) is 7.11 Å². The highest BCUT2D eigenvalue weighted by Crippen LogP contribution is 2.38. The van der Waals surface area contributed by atoms with Gasteiger partial charge in [0, 0.05) is 5.56 Å². The second-order valence-corrected chi connectivity index (χ2v) is 4.55. The summed E-state index contributed by atoms with van der Waals surface area (Å²) < 4.78 is 5.07. The smallest absolute Gasteiger partial charge is 0.118 e. The van der Waals surface area contributed by atoms with Crippen LogP contribution in [0.15, 0.2) is 24.3 Å². The number of nitriles is 2. The van der Waals surface area contributed by atoms with E-state index in [1.807, 2.05) is 18.2 Å². The number of hydrogen-bond donors (Lipinski definition) is 1. The second kappa shape index (κ2) is 4.79. The number of ether oxygens (including phenoxy) is 1. The fourth-order valence-corrected chi connectivity index (χ4v) is 2.51. The molecule has 0 aliphatic heterocycles. The van der Waals surface area contributed by atoms with Crippen molar-refractivity contribution in [1.29, 1.82) is 10.5 Å². The first-order chi connectivity index (χ1) is 8.71. The van der Waals surface area contributed by atoms with E-state index in [1.165, 1.54) is 0 Å². The second-order valence-electron chi connectivity index (χ2n) is 3.50. The summed E-state index contributed by atoms with van der Waals surface area (Å²) in [6.07, 6.45) is 0. The highest BCUT2D eigenvalue weighted by atomic mass is 32.1. The van der Waals surface area contributed by atoms with E-state index in [0.717, 1.165) is 22.6 Å². The molecule has 2 aromatic rings. The van der Waals surface area contributed by atoms with Gasteiger partial charge in [-0.3, -0.25) is 0 Å². The summed E-state index contributed by atoms with van der Waals surface area (Å²) in [5.74, 6) is 0.721. The number of nitrogens with zero attached hydrogens (tertiary/aromatic N) is 2. The number of benzene rings is 1. The van der Waals surface area contributed by atoms with Gasteiger partial charge in [0.15, 0.2) is 0 Å². The molecule has 0 spiro atoms. The van der Waals surface area contributed by atoms with Gasteiger partial charge in [-0.1, -0.05) is 12.1 Å². The molecule has 4 nitrogen and oxygen atoms in total. The zero-order chi connectivity index (χ0) is 13.1. The average molecular weight is 255 g/mol. The molecule has 0 amide bonds. The minimum Gasteiger partial charge on any atom is -0.497 e. The van der Waals surface area contributed by atoms with Crippen molar-refractivity contribution in [2.24, 2.45) is 0 Å². The molecule has 1 heterocycles. The first-order valence-corrected chi connectivity index (χ1v) is 5.89. The van der Waals surface area contributed by atoms with Crippen molar-refractivity contribution >= 4 is 16.3 Å². The summed E-state index contributed by atoms with van der Waals surface area (Å²) >= 11 is 1.13. The summed E-state index contributed by atoms with van der Waals surface area (Å²) in [6.45, 7) is 0. The Morgan fingerprint density at radius 1 is 1.17 bits per heavy atom. The molecule has 0 saturated heterocycles. The van der Waals surface area contributed by atoms with Crippen molar-refractivity contribution in [3.8, 4) is 29.0 Å². The van der Waals surface area contributed by atoms with Gasteiger partial charge in [-0.05, 0) is 17.7 Å². The van der Waals surface area contributed by atoms with E-state index < -0.39 is 0 Å². The maximum Gasteiger partial charge on any atom is 0.118 e. The molecule has 0 atom stereocenters. The maximum absolute atomic E-state index is 9.11. The quantitative estimate of drug-likeness (QED) is 0.894. The largest absolute Gasteiger partial charge is 0.497 e. The molecule has 0 radical (unpaired) electrons. The van der Waals surface area contributed by atoms with E-state index in [1.54, 1.807) is 19.2 Å². The predicted molar refractivity (Wildman–Crippen MR) is 70.1 cm³/mol. The van der Waals surface area contributed by atoms with Crippen molar-refractivity contribution in [3.05, 3.63) is 34.7 Å². The molecule has 1 aromatic heterocycles. The summed E-state index contributed by atoms with van der Waals surface area (Å²) in [6, 6.07) is 11.3. The summed E-state index contributed by atoms with van der Waals surface area (Å²) in [7, 11) is 1.58. The van der Waals surface area contributed by atoms with E-state index in [0.29, 0.717) is 21.0 Å². The summed E-state index contributed by atoms with van der Waals surface area (Å²) in [4.78, 5) is 0.453. The van der Waals surface area contributed by atoms with Crippen LogP contribution in [0.4, 0.5) is 5.00 Å². The van der Waals surface area contributed by atoms with Crippen molar-refractivity contribution in [1.82, 2.24) is 0 Å². The third-order valence-electron chi connectivity index (χ3n) is 2.53. The fraction of sp³-hybridized carbons (Fsp3) is 0.0769. The lowest BCUT2D eigenvalue weighted by atomic mass is 10.0. The Morgan fingerprint density at radius 2 is 1.83 bits per heavy atom. The van der Waals surface area contributed by atoms with Crippen LogP contribution < -0.4 is 10.5 Å². The van der Waals surface area contributed by atoms with Crippen molar-refractivity contribution in [3.63, 3.8) is 0 Å². The van der Waals surface area contributed by atoms with E-state index in [9.17, 15) is 0 Å². The summed E-state index contributed by atoms with van der Waals surface area (Å²) in [5.41, 5.74) is 7.50. The molecule has 0 unspecified atom stereocenters. The topological polar surface area (TPSA) is 82.8 Å². The molecule has 0 aliphatic rings. The maximum atomic E-state index is 9.11. The predicted octanol–water partition coefficient (Wildman–Crippen LogP) is 2.75.